The highest BCUT2D eigenvalue weighted by atomic mass is 35.5. The molecule has 4 rings (SSSR count). The second kappa shape index (κ2) is 10.5. The van der Waals surface area contributed by atoms with Crippen LogP contribution in [-0.4, -0.2) is 45.1 Å². The summed E-state index contributed by atoms with van der Waals surface area (Å²) in [7, 11) is 6.36. The number of halogens is 4. The Bertz CT molecular complexity index is 1470. The number of carbonyl (C=O) groups excluding carboxylic acids is 2. The number of aliphatic hydroxyl groups excluding tert-OH is 1. The van der Waals surface area contributed by atoms with Crippen molar-refractivity contribution in [2.24, 2.45) is 0 Å². The lowest BCUT2D eigenvalue weighted by Crippen LogP contribution is -2.29. The molecule has 1 amide bonds. The Kier molecular flexibility index (Phi) is 7.52. The smallest absolute Gasteiger partial charge is 0.416 e. The van der Waals surface area contributed by atoms with Crippen molar-refractivity contribution in [1.82, 2.24) is 0 Å². The fraction of sp³-hybridized carbons (Fsp3) is 0.214. The third kappa shape index (κ3) is 5.12. The van der Waals surface area contributed by atoms with E-state index in [9.17, 15) is 27.9 Å². The predicted molar refractivity (Wildman–Crippen MR) is 142 cm³/mol. The van der Waals surface area contributed by atoms with Gasteiger partial charge in [-0.25, -0.2) is 0 Å². The summed E-state index contributed by atoms with van der Waals surface area (Å²) in [5.74, 6) is -2.45. The number of amides is 1. The first-order valence-corrected chi connectivity index (χ1v) is 11.9. The van der Waals surface area contributed by atoms with E-state index in [-0.39, 0.29) is 33.3 Å². The number of aliphatic hydroxyl groups is 1. The van der Waals surface area contributed by atoms with Crippen LogP contribution >= 0.6 is 11.6 Å². The standard InChI is InChI=1S/C28H24ClF3N2O5/c1-33(2)17-10-8-15(9-11-17)24-23(25(35)19-13-20(29)22(39-4)14-21(19)38-3)26(36)27(37)34(24)18-7-5-6-16(12-18)28(30,31)32/h5-14,24,35H,1-4H3/b25-23+. The van der Waals surface area contributed by atoms with Gasteiger partial charge in [0.05, 0.1) is 42.0 Å². The molecule has 11 heteroatoms. The molecule has 1 unspecified atom stereocenters. The number of ketones is 1. The van der Waals surface area contributed by atoms with E-state index in [1.54, 1.807) is 24.3 Å². The van der Waals surface area contributed by atoms with Crippen molar-refractivity contribution in [1.29, 1.82) is 0 Å². The molecule has 1 heterocycles. The maximum atomic E-state index is 13.5. The second-order valence-electron chi connectivity index (χ2n) is 8.89. The molecule has 1 atom stereocenters. The van der Waals surface area contributed by atoms with Crippen LogP contribution in [0.1, 0.15) is 22.7 Å². The van der Waals surface area contributed by atoms with E-state index in [0.717, 1.165) is 28.8 Å². The molecule has 0 bridgehead atoms. The van der Waals surface area contributed by atoms with Crippen molar-refractivity contribution < 1.29 is 37.3 Å². The van der Waals surface area contributed by atoms with Gasteiger partial charge in [-0.15, -0.1) is 0 Å². The highest BCUT2D eigenvalue weighted by molar-refractivity contribution is 6.51. The molecular weight excluding hydrogens is 537 g/mol. The lowest BCUT2D eigenvalue weighted by atomic mass is 9.94. The molecule has 0 aliphatic carbocycles. The SMILES string of the molecule is COc1cc(OC)c(/C(O)=C2\C(=O)C(=O)N(c3cccc(C(F)(F)F)c3)C2c2ccc(N(C)C)cc2)cc1Cl. The molecule has 204 valence electrons. The maximum absolute atomic E-state index is 13.5. The molecule has 39 heavy (non-hydrogen) atoms. The number of anilines is 2. The van der Waals surface area contributed by atoms with Gasteiger partial charge in [0, 0.05) is 31.5 Å². The summed E-state index contributed by atoms with van der Waals surface area (Å²) in [6, 6.07) is 12.3. The average molecular weight is 561 g/mol. The number of alkyl halides is 3. The molecule has 3 aromatic rings. The first-order chi connectivity index (χ1) is 18.4. The number of hydrogen-bond donors (Lipinski definition) is 1. The van der Waals surface area contributed by atoms with Crippen LogP contribution in [0.5, 0.6) is 11.5 Å². The first-order valence-electron chi connectivity index (χ1n) is 11.6. The number of carbonyl (C=O) groups is 2. The van der Waals surface area contributed by atoms with Crippen LogP contribution in [0.3, 0.4) is 0 Å². The van der Waals surface area contributed by atoms with Crippen LogP contribution in [0.25, 0.3) is 5.76 Å². The molecule has 7 nitrogen and oxygen atoms in total. The van der Waals surface area contributed by atoms with Gasteiger partial charge in [-0.2, -0.15) is 13.2 Å². The van der Waals surface area contributed by atoms with Crippen molar-refractivity contribution in [2.45, 2.75) is 12.2 Å². The molecule has 1 saturated heterocycles. The molecule has 0 radical (unpaired) electrons. The van der Waals surface area contributed by atoms with Crippen LogP contribution < -0.4 is 19.3 Å². The van der Waals surface area contributed by atoms with Crippen molar-refractivity contribution in [3.63, 3.8) is 0 Å². The number of ether oxygens (including phenoxy) is 2. The van der Waals surface area contributed by atoms with E-state index in [4.69, 9.17) is 21.1 Å². The Morgan fingerprint density at radius 1 is 0.974 bits per heavy atom. The summed E-state index contributed by atoms with van der Waals surface area (Å²) in [5.41, 5.74) is -0.301. The van der Waals surface area contributed by atoms with Crippen molar-refractivity contribution in [3.05, 3.63) is 87.9 Å². The summed E-state index contributed by atoms with van der Waals surface area (Å²) in [6.07, 6.45) is -4.68. The van der Waals surface area contributed by atoms with E-state index < -0.39 is 35.2 Å². The van der Waals surface area contributed by atoms with Gasteiger partial charge >= 0.3 is 6.18 Å². The Morgan fingerprint density at radius 2 is 1.62 bits per heavy atom. The summed E-state index contributed by atoms with van der Waals surface area (Å²) < 4.78 is 51.1. The third-order valence-electron chi connectivity index (χ3n) is 6.35. The molecule has 0 saturated carbocycles. The summed E-state index contributed by atoms with van der Waals surface area (Å²) in [5, 5.41) is 11.5. The van der Waals surface area contributed by atoms with Crippen molar-refractivity contribution in [2.75, 3.05) is 38.1 Å². The van der Waals surface area contributed by atoms with Gasteiger partial charge in [-0.05, 0) is 42.0 Å². The molecule has 1 fully saturated rings. The van der Waals surface area contributed by atoms with Gasteiger partial charge in [-0.1, -0.05) is 29.8 Å². The van der Waals surface area contributed by atoms with E-state index in [1.165, 1.54) is 32.4 Å². The second-order valence-corrected chi connectivity index (χ2v) is 9.30. The normalized spacial score (nSPS) is 16.9. The number of rotatable bonds is 6. The highest BCUT2D eigenvalue weighted by Crippen LogP contribution is 2.45. The molecule has 0 aromatic heterocycles. The maximum Gasteiger partial charge on any atom is 0.416 e. The number of Topliss-reactive ketones (excluding diaryl/α,β-unsaturated/α-hetero) is 1. The van der Waals surface area contributed by atoms with Gasteiger partial charge in [0.25, 0.3) is 11.7 Å². The zero-order valence-corrected chi connectivity index (χ0v) is 22.1. The van der Waals surface area contributed by atoms with Crippen LogP contribution in [0.2, 0.25) is 5.02 Å². The van der Waals surface area contributed by atoms with E-state index in [0.29, 0.717) is 5.56 Å². The van der Waals surface area contributed by atoms with Crippen LogP contribution in [0.15, 0.2) is 66.2 Å². The number of nitrogens with zero attached hydrogens (tertiary/aromatic N) is 2. The Morgan fingerprint density at radius 3 is 2.18 bits per heavy atom. The van der Waals surface area contributed by atoms with Crippen molar-refractivity contribution in [3.8, 4) is 11.5 Å². The number of hydrogen-bond acceptors (Lipinski definition) is 6. The van der Waals surface area contributed by atoms with Gasteiger partial charge < -0.3 is 19.5 Å². The predicted octanol–water partition coefficient (Wildman–Crippen LogP) is 6.07. The minimum Gasteiger partial charge on any atom is -0.507 e. The van der Waals surface area contributed by atoms with Gasteiger partial charge in [-0.3, -0.25) is 14.5 Å². The fourth-order valence-electron chi connectivity index (χ4n) is 4.39. The Balaban J connectivity index is 1.99. The molecule has 3 aromatic carbocycles. The summed E-state index contributed by atoms with van der Waals surface area (Å²) in [6.45, 7) is 0. The third-order valence-corrected chi connectivity index (χ3v) is 6.65. The molecule has 0 spiro atoms. The topological polar surface area (TPSA) is 79.3 Å². The minimum absolute atomic E-state index is 0.000235. The molecule has 1 aliphatic rings. The molecule has 1 N–H and O–H groups in total. The quantitative estimate of drug-likeness (QED) is 0.224. The largest absolute Gasteiger partial charge is 0.507 e. The minimum atomic E-state index is -4.68. The van der Waals surface area contributed by atoms with Crippen LogP contribution in [-0.2, 0) is 15.8 Å². The van der Waals surface area contributed by atoms with Gasteiger partial charge in [0.1, 0.15) is 17.3 Å². The van der Waals surface area contributed by atoms with Gasteiger partial charge in [0.15, 0.2) is 0 Å². The van der Waals surface area contributed by atoms with Crippen LogP contribution in [0, 0.1) is 0 Å². The summed E-state index contributed by atoms with van der Waals surface area (Å²) >= 11 is 6.27. The number of benzene rings is 3. The van der Waals surface area contributed by atoms with E-state index in [1.807, 2.05) is 19.0 Å². The Hall–Kier alpha value is -4.18. The van der Waals surface area contributed by atoms with Crippen LogP contribution in [0.4, 0.5) is 24.5 Å². The number of methoxy groups -OCH3 is 2. The average Bonchev–Trinajstić information content (AvgIpc) is 3.17. The summed E-state index contributed by atoms with van der Waals surface area (Å²) in [4.78, 5) is 29.6. The fourth-order valence-corrected chi connectivity index (χ4v) is 4.63. The van der Waals surface area contributed by atoms with E-state index >= 15 is 0 Å². The van der Waals surface area contributed by atoms with Crippen molar-refractivity contribution >= 4 is 40.4 Å². The monoisotopic (exact) mass is 560 g/mol. The zero-order valence-electron chi connectivity index (χ0n) is 21.3. The molecular formula is C28H24ClF3N2O5. The zero-order chi connectivity index (χ0) is 28.6. The van der Waals surface area contributed by atoms with Gasteiger partial charge in [0.2, 0.25) is 0 Å². The first kappa shape index (κ1) is 27.8. The lowest BCUT2D eigenvalue weighted by Gasteiger charge is -2.26. The highest BCUT2D eigenvalue weighted by Gasteiger charge is 2.47. The Labute approximate surface area is 227 Å². The molecule has 1 aliphatic heterocycles. The van der Waals surface area contributed by atoms with E-state index in [2.05, 4.69) is 0 Å². The lowest BCUT2D eigenvalue weighted by molar-refractivity contribution is -0.137.